The molecule has 3 atom stereocenters. The normalized spacial score (nSPS) is 24.1. The maximum absolute atomic E-state index is 6.21. The van der Waals surface area contributed by atoms with Crippen LogP contribution in [0.1, 0.15) is 37.2 Å². The lowest BCUT2D eigenvalue weighted by molar-refractivity contribution is 0.420. The van der Waals surface area contributed by atoms with Gasteiger partial charge in [-0.05, 0) is 60.2 Å². The van der Waals surface area contributed by atoms with E-state index < -0.39 is 0 Å². The van der Waals surface area contributed by atoms with Crippen LogP contribution in [0.25, 0.3) is 22.8 Å². The first-order chi connectivity index (χ1) is 12.8. The van der Waals surface area contributed by atoms with Crippen molar-refractivity contribution >= 4 is 11.6 Å². The van der Waals surface area contributed by atoms with Gasteiger partial charge < -0.3 is 0 Å². The molecule has 0 radical (unpaired) electrons. The first-order valence-corrected chi connectivity index (χ1v) is 9.71. The Hall–Kier alpha value is -2.26. The Kier molecular flexibility index (Phi) is 3.97. The lowest BCUT2D eigenvalue weighted by Gasteiger charge is -2.22. The zero-order valence-corrected chi connectivity index (χ0v) is 15.2. The molecule has 2 fully saturated rings. The van der Waals surface area contributed by atoms with Gasteiger partial charge in [-0.1, -0.05) is 55.0 Å². The second kappa shape index (κ2) is 6.48. The standard InChI is InChI=1S/C22H20ClN3/c23-22-25-20(15-5-2-1-3-6-15)24-21(26-22)18-8-4-7-16(13-18)19-12-14-9-10-17(19)11-14/h1-8,13-14,17,19H,9-12H2. The Bertz CT molecular complexity index is 941. The quantitative estimate of drug-likeness (QED) is 0.595. The summed E-state index contributed by atoms with van der Waals surface area (Å²) in [5.41, 5.74) is 3.39. The monoisotopic (exact) mass is 361 g/mol. The van der Waals surface area contributed by atoms with Crippen LogP contribution in [0, 0.1) is 11.8 Å². The average molecular weight is 362 g/mol. The Morgan fingerprint density at radius 3 is 2.27 bits per heavy atom. The molecule has 2 bridgehead atoms. The lowest BCUT2D eigenvalue weighted by atomic mass is 9.83. The van der Waals surface area contributed by atoms with E-state index in [4.69, 9.17) is 11.6 Å². The SMILES string of the molecule is Clc1nc(-c2ccccc2)nc(-c2cccc(C3CC4CCC3C4)c2)n1. The van der Waals surface area contributed by atoms with Gasteiger partial charge in [0.25, 0.3) is 0 Å². The van der Waals surface area contributed by atoms with Crippen LogP contribution in [0.2, 0.25) is 5.28 Å². The molecule has 4 heteroatoms. The van der Waals surface area contributed by atoms with Gasteiger partial charge in [0.15, 0.2) is 11.6 Å². The van der Waals surface area contributed by atoms with E-state index in [9.17, 15) is 0 Å². The second-order valence-corrected chi connectivity index (χ2v) is 7.86. The summed E-state index contributed by atoms with van der Waals surface area (Å²) in [6.45, 7) is 0. The van der Waals surface area contributed by atoms with Crippen LogP contribution in [0.3, 0.4) is 0 Å². The number of fused-ring (bicyclic) bond motifs is 2. The molecule has 0 aliphatic heterocycles. The first-order valence-electron chi connectivity index (χ1n) is 9.33. The Morgan fingerprint density at radius 2 is 1.54 bits per heavy atom. The Balaban J connectivity index is 1.52. The van der Waals surface area contributed by atoms with E-state index in [2.05, 4.69) is 39.2 Å². The zero-order chi connectivity index (χ0) is 17.5. The molecule has 3 nitrogen and oxygen atoms in total. The van der Waals surface area contributed by atoms with Crippen LogP contribution in [0.15, 0.2) is 54.6 Å². The molecule has 0 amide bonds. The van der Waals surface area contributed by atoms with Crippen LogP contribution < -0.4 is 0 Å². The minimum Gasteiger partial charge on any atom is -0.208 e. The summed E-state index contributed by atoms with van der Waals surface area (Å²) in [4.78, 5) is 13.4. The van der Waals surface area contributed by atoms with E-state index in [0.717, 1.165) is 23.0 Å². The molecule has 0 N–H and O–H groups in total. The summed E-state index contributed by atoms with van der Waals surface area (Å²) >= 11 is 6.21. The lowest BCUT2D eigenvalue weighted by Crippen LogP contribution is -2.08. The van der Waals surface area contributed by atoms with Crippen LogP contribution >= 0.6 is 11.6 Å². The highest BCUT2D eigenvalue weighted by atomic mass is 35.5. The van der Waals surface area contributed by atoms with E-state index in [0.29, 0.717) is 17.6 Å². The van der Waals surface area contributed by atoms with Crippen LogP contribution in [-0.2, 0) is 0 Å². The fourth-order valence-electron chi connectivity index (χ4n) is 4.76. The van der Waals surface area contributed by atoms with Crippen molar-refractivity contribution in [1.29, 1.82) is 0 Å². The van der Waals surface area contributed by atoms with Gasteiger partial charge in [-0.15, -0.1) is 0 Å². The molecule has 3 unspecified atom stereocenters. The van der Waals surface area contributed by atoms with Gasteiger partial charge in [0, 0.05) is 11.1 Å². The maximum Gasteiger partial charge on any atom is 0.226 e. The number of nitrogens with zero attached hydrogens (tertiary/aromatic N) is 3. The highest BCUT2D eigenvalue weighted by molar-refractivity contribution is 6.28. The van der Waals surface area contributed by atoms with E-state index in [1.807, 2.05) is 30.3 Å². The number of rotatable bonds is 3. The Labute approximate surface area is 158 Å². The maximum atomic E-state index is 6.21. The fraction of sp³-hybridized carbons (Fsp3) is 0.318. The molecular weight excluding hydrogens is 342 g/mol. The number of hydrogen-bond acceptors (Lipinski definition) is 3. The Morgan fingerprint density at radius 1 is 0.769 bits per heavy atom. The van der Waals surface area contributed by atoms with Crippen LogP contribution in [0.4, 0.5) is 0 Å². The largest absolute Gasteiger partial charge is 0.226 e. The van der Waals surface area contributed by atoms with Crippen molar-refractivity contribution in [2.45, 2.75) is 31.6 Å². The van der Waals surface area contributed by atoms with Gasteiger partial charge in [-0.25, -0.2) is 4.98 Å². The molecule has 130 valence electrons. The van der Waals surface area contributed by atoms with E-state index in [1.165, 1.54) is 31.2 Å². The second-order valence-electron chi connectivity index (χ2n) is 7.52. The number of halogens is 1. The summed E-state index contributed by atoms with van der Waals surface area (Å²) in [7, 11) is 0. The smallest absolute Gasteiger partial charge is 0.208 e. The third kappa shape index (κ3) is 2.90. The molecule has 2 aliphatic rings. The molecule has 3 aromatic rings. The number of benzene rings is 2. The van der Waals surface area contributed by atoms with Gasteiger partial charge in [0.2, 0.25) is 5.28 Å². The summed E-state index contributed by atoms with van der Waals surface area (Å²) < 4.78 is 0. The minimum atomic E-state index is 0.235. The van der Waals surface area contributed by atoms with E-state index in [1.54, 1.807) is 0 Å². The van der Waals surface area contributed by atoms with Crippen LogP contribution in [-0.4, -0.2) is 15.0 Å². The molecule has 2 saturated carbocycles. The van der Waals surface area contributed by atoms with Crippen molar-refractivity contribution in [3.05, 3.63) is 65.4 Å². The van der Waals surface area contributed by atoms with E-state index >= 15 is 0 Å². The van der Waals surface area contributed by atoms with Crippen molar-refractivity contribution in [3.63, 3.8) is 0 Å². The molecule has 0 spiro atoms. The zero-order valence-electron chi connectivity index (χ0n) is 14.5. The summed E-state index contributed by atoms with van der Waals surface area (Å²) in [6, 6.07) is 18.6. The van der Waals surface area contributed by atoms with Crippen molar-refractivity contribution in [2.75, 3.05) is 0 Å². The third-order valence-corrected chi connectivity index (χ3v) is 6.12. The van der Waals surface area contributed by atoms with Crippen molar-refractivity contribution in [3.8, 4) is 22.8 Å². The molecule has 1 heterocycles. The van der Waals surface area contributed by atoms with Gasteiger partial charge in [-0.3, -0.25) is 0 Å². The summed E-state index contributed by atoms with van der Waals surface area (Å²) in [6.07, 6.45) is 5.55. The average Bonchev–Trinajstić information content (AvgIpc) is 3.32. The summed E-state index contributed by atoms with van der Waals surface area (Å²) in [5.74, 6) is 3.75. The van der Waals surface area contributed by atoms with Gasteiger partial charge in [0.1, 0.15) is 0 Å². The predicted octanol–water partition coefficient (Wildman–Crippen LogP) is 5.76. The van der Waals surface area contributed by atoms with Crippen molar-refractivity contribution in [2.24, 2.45) is 11.8 Å². The number of hydrogen-bond donors (Lipinski definition) is 0. The predicted molar refractivity (Wildman–Crippen MR) is 104 cm³/mol. The molecule has 0 saturated heterocycles. The van der Waals surface area contributed by atoms with Crippen LogP contribution in [0.5, 0.6) is 0 Å². The van der Waals surface area contributed by atoms with Gasteiger partial charge >= 0.3 is 0 Å². The van der Waals surface area contributed by atoms with E-state index in [-0.39, 0.29) is 5.28 Å². The van der Waals surface area contributed by atoms with Gasteiger partial charge in [0.05, 0.1) is 0 Å². The molecular formula is C22H20ClN3. The molecule has 5 rings (SSSR count). The number of aromatic nitrogens is 3. The first kappa shape index (κ1) is 16.0. The van der Waals surface area contributed by atoms with Crippen molar-refractivity contribution in [1.82, 2.24) is 15.0 Å². The molecule has 2 aromatic carbocycles. The fourth-order valence-corrected chi connectivity index (χ4v) is 4.92. The molecule has 2 aliphatic carbocycles. The minimum absolute atomic E-state index is 0.235. The highest BCUT2D eigenvalue weighted by Gasteiger charge is 2.40. The molecule has 26 heavy (non-hydrogen) atoms. The topological polar surface area (TPSA) is 38.7 Å². The van der Waals surface area contributed by atoms with Crippen molar-refractivity contribution < 1.29 is 0 Å². The highest BCUT2D eigenvalue weighted by Crippen LogP contribution is 2.53. The summed E-state index contributed by atoms with van der Waals surface area (Å²) in [5, 5.41) is 0.235. The molecule has 1 aromatic heterocycles. The third-order valence-electron chi connectivity index (χ3n) is 5.95. The van der Waals surface area contributed by atoms with Gasteiger partial charge in [-0.2, -0.15) is 9.97 Å².